The molecule has 7 nitrogen and oxygen atoms in total. The molecule has 130 valence electrons. The number of hydrogen-bond donors (Lipinski definition) is 1. The molecule has 2 amide bonds. The van der Waals surface area contributed by atoms with E-state index in [1.54, 1.807) is 11.8 Å². The number of nitrogens with zero attached hydrogens (tertiary/aromatic N) is 4. The lowest BCUT2D eigenvalue weighted by Crippen LogP contribution is -2.50. The predicted molar refractivity (Wildman–Crippen MR) is 88.5 cm³/mol. The highest BCUT2D eigenvalue weighted by Crippen LogP contribution is 2.32. The molecule has 1 aliphatic carbocycles. The SMILES string of the molecule is CC(=O)N1CCN(C(=O)c2nn(CC3CC3)c3c2CNCC3)CC1. The summed E-state index contributed by atoms with van der Waals surface area (Å²) in [6.45, 7) is 6.64. The van der Waals surface area contributed by atoms with E-state index in [-0.39, 0.29) is 11.8 Å². The Labute approximate surface area is 142 Å². The summed E-state index contributed by atoms with van der Waals surface area (Å²) in [6, 6.07) is 0. The van der Waals surface area contributed by atoms with Crippen molar-refractivity contribution in [1.29, 1.82) is 0 Å². The van der Waals surface area contributed by atoms with Gasteiger partial charge in [0.1, 0.15) is 0 Å². The van der Waals surface area contributed by atoms with Crippen LogP contribution in [0.25, 0.3) is 0 Å². The van der Waals surface area contributed by atoms with E-state index in [2.05, 4.69) is 10.00 Å². The molecule has 0 aromatic carbocycles. The van der Waals surface area contributed by atoms with E-state index in [4.69, 9.17) is 5.10 Å². The van der Waals surface area contributed by atoms with Crippen LogP contribution in [-0.2, 0) is 24.3 Å². The maximum absolute atomic E-state index is 13.0. The molecule has 1 aromatic rings. The molecule has 1 saturated carbocycles. The highest BCUT2D eigenvalue weighted by molar-refractivity contribution is 5.94. The van der Waals surface area contributed by atoms with Gasteiger partial charge in [-0.15, -0.1) is 0 Å². The second-order valence-corrected chi connectivity index (χ2v) is 7.12. The van der Waals surface area contributed by atoms with Crippen LogP contribution in [0.1, 0.15) is 41.5 Å². The van der Waals surface area contributed by atoms with Crippen molar-refractivity contribution < 1.29 is 9.59 Å². The quantitative estimate of drug-likeness (QED) is 0.862. The van der Waals surface area contributed by atoms with Gasteiger partial charge in [0.25, 0.3) is 5.91 Å². The molecular weight excluding hydrogens is 306 g/mol. The monoisotopic (exact) mass is 331 g/mol. The second kappa shape index (κ2) is 6.20. The number of amides is 2. The largest absolute Gasteiger partial charge is 0.339 e. The van der Waals surface area contributed by atoms with Crippen LogP contribution in [0.3, 0.4) is 0 Å². The summed E-state index contributed by atoms with van der Waals surface area (Å²) in [5, 5.41) is 8.07. The zero-order chi connectivity index (χ0) is 16.7. The molecule has 3 aliphatic rings. The molecule has 7 heteroatoms. The lowest BCUT2D eigenvalue weighted by molar-refractivity contribution is -0.130. The number of aromatic nitrogens is 2. The number of nitrogens with one attached hydrogen (secondary N) is 1. The normalized spacial score (nSPS) is 20.9. The second-order valence-electron chi connectivity index (χ2n) is 7.12. The van der Waals surface area contributed by atoms with E-state index in [1.165, 1.54) is 18.5 Å². The lowest BCUT2D eigenvalue weighted by Gasteiger charge is -2.34. The minimum absolute atomic E-state index is 0.0210. The van der Waals surface area contributed by atoms with E-state index >= 15 is 0 Å². The molecule has 1 saturated heterocycles. The van der Waals surface area contributed by atoms with Crippen molar-refractivity contribution in [2.45, 2.75) is 39.3 Å². The zero-order valence-corrected chi connectivity index (χ0v) is 14.3. The molecule has 1 aromatic heterocycles. The Hall–Kier alpha value is -1.89. The zero-order valence-electron chi connectivity index (χ0n) is 14.3. The predicted octanol–water partition coefficient (Wildman–Crippen LogP) is 0.243. The topological polar surface area (TPSA) is 70.5 Å². The molecule has 2 aliphatic heterocycles. The maximum Gasteiger partial charge on any atom is 0.274 e. The first-order valence-corrected chi connectivity index (χ1v) is 8.97. The first kappa shape index (κ1) is 15.6. The number of carbonyl (C=O) groups excluding carboxylic acids is 2. The van der Waals surface area contributed by atoms with E-state index in [0.717, 1.165) is 37.5 Å². The van der Waals surface area contributed by atoms with Gasteiger partial charge in [0.2, 0.25) is 5.91 Å². The molecule has 0 bridgehead atoms. The van der Waals surface area contributed by atoms with Crippen LogP contribution in [-0.4, -0.2) is 64.1 Å². The van der Waals surface area contributed by atoms with Crippen LogP contribution >= 0.6 is 0 Å². The third-order valence-electron chi connectivity index (χ3n) is 5.35. The van der Waals surface area contributed by atoms with Gasteiger partial charge in [0.15, 0.2) is 5.69 Å². The van der Waals surface area contributed by atoms with Crippen molar-refractivity contribution in [3.05, 3.63) is 17.0 Å². The number of carbonyl (C=O) groups is 2. The molecule has 0 unspecified atom stereocenters. The van der Waals surface area contributed by atoms with Crippen molar-refractivity contribution >= 4 is 11.8 Å². The van der Waals surface area contributed by atoms with Crippen molar-refractivity contribution in [3.8, 4) is 0 Å². The maximum atomic E-state index is 13.0. The first-order valence-electron chi connectivity index (χ1n) is 8.97. The van der Waals surface area contributed by atoms with Gasteiger partial charge >= 0.3 is 0 Å². The van der Waals surface area contributed by atoms with Gasteiger partial charge in [-0.1, -0.05) is 0 Å². The highest BCUT2D eigenvalue weighted by Gasteiger charge is 2.31. The molecular formula is C17H25N5O2. The molecule has 1 N–H and O–H groups in total. The molecule has 0 spiro atoms. The van der Waals surface area contributed by atoms with Crippen LogP contribution in [0, 0.1) is 5.92 Å². The van der Waals surface area contributed by atoms with Crippen LogP contribution < -0.4 is 5.32 Å². The number of piperazine rings is 1. The molecule has 3 heterocycles. The Morgan fingerprint density at radius 3 is 2.54 bits per heavy atom. The van der Waals surface area contributed by atoms with E-state index in [0.29, 0.717) is 31.9 Å². The van der Waals surface area contributed by atoms with E-state index < -0.39 is 0 Å². The molecule has 0 atom stereocenters. The van der Waals surface area contributed by atoms with Crippen LogP contribution in [0.5, 0.6) is 0 Å². The average molecular weight is 331 g/mol. The number of hydrogen-bond acceptors (Lipinski definition) is 4. The summed E-state index contributed by atoms with van der Waals surface area (Å²) in [7, 11) is 0. The summed E-state index contributed by atoms with van der Waals surface area (Å²) in [4.78, 5) is 28.1. The lowest BCUT2D eigenvalue weighted by atomic mass is 10.1. The molecule has 0 radical (unpaired) electrons. The molecule has 4 rings (SSSR count). The van der Waals surface area contributed by atoms with Crippen molar-refractivity contribution in [2.24, 2.45) is 5.92 Å². The highest BCUT2D eigenvalue weighted by atomic mass is 16.2. The Morgan fingerprint density at radius 2 is 1.88 bits per heavy atom. The smallest absolute Gasteiger partial charge is 0.274 e. The third-order valence-corrected chi connectivity index (χ3v) is 5.35. The summed E-state index contributed by atoms with van der Waals surface area (Å²) < 4.78 is 2.09. The first-order chi connectivity index (χ1) is 11.6. The van der Waals surface area contributed by atoms with Crippen LogP contribution in [0.15, 0.2) is 0 Å². The summed E-state index contributed by atoms with van der Waals surface area (Å²) in [5.74, 6) is 0.844. The summed E-state index contributed by atoms with van der Waals surface area (Å²) >= 11 is 0. The Morgan fingerprint density at radius 1 is 1.17 bits per heavy atom. The Balaban J connectivity index is 1.53. The summed E-state index contributed by atoms with van der Waals surface area (Å²) in [5.41, 5.74) is 2.95. The Bertz CT molecular complexity index is 656. The fraction of sp³-hybridized carbons (Fsp3) is 0.706. The molecule has 2 fully saturated rings. The number of fused-ring (bicyclic) bond motifs is 1. The van der Waals surface area contributed by atoms with Gasteiger partial charge in [-0.25, -0.2) is 0 Å². The van der Waals surface area contributed by atoms with Gasteiger partial charge in [-0.2, -0.15) is 5.10 Å². The van der Waals surface area contributed by atoms with Gasteiger partial charge < -0.3 is 15.1 Å². The van der Waals surface area contributed by atoms with Gasteiger partial charge in [0, 0.05) is 70.4 Å². The fourth-order valence-electron chi connectivity index (χ4n) is 3.66. The van der Waals surface area contributed by atoms with E-state index in [1.807, 2.05) is 4.90 Å². The molecule has 24 heavy (non-hydrogen) atoms. The third kappa shape index (κ3) is 2.92. The standard InChI is InChI=1S/C17H25N5O2/c1-12(23)20-6-8-21(9-7-20)17(24)16-14-10-18-5-4-15(14)22(19-16)11-13-2-3-13/h13,18H,2-11H2,1H3. The van der Waals surface area contributed by atoms with Gasteiger partial charge in [0.05, 0.1) is 0 Å². The van der Waals surface area contributed by atoms with Crippen molar-refractivity contribution in [1.82, 2.24) is 24.9 Å². The van der Waals surface area contributed by atoms with Crippen molar-refractivity contribution in [2.75, 3.05) is 32.7 Å². The minimum Gasteiger partial charge on any atom is -0.339 e. The Kier molecular flexibility index (Phi) is 4.04. The van der Waals surface area contributed by atoms with Crippen LogP contribution in [0.2, 0.25) is 0 Å². The summed E-state index contributed by atoms with van der Waals surface area (Å²) in [6.07, 6.45) is 3.51. The van der Waals surface area contributed by atoms with Crippen molar-refractivity contribution in [3.63, 3.8) is 0 Å². The van der Waals surface area contributed by atoms with Crippen LogP contribution in [0.4, 0.5) is 0 Å². The van der Waals surface area contributed by atoms with Gasteiger partial charge in [-0.3, -0.25) is 14.3 Å². The number of rotatable bonds is 3. The minimum atomic E-state index is 0.0210. The average Bonchev–Trinajstić information content (AvgIpc) is 3.35. The van der Waals surface area contributed by atoms with Gasteiger partial charge in [-0.05, 0) is 18.8 Å². The fourth-order valence-corrected chi connectivity index (χ4v) is 3.66. The van der Waals surface area contributed by atoms with E-state index in [9.17, 15) is 9.59 Å².